The summed E-state index contributed by atoms with van der Waals surface area (Å²) in [4.78, 5) is 88.2. The minimum Gasteiger partial charge on any atom is -0.352 e. The average Bonchev–Trinajstić information content (AvgIpc) is 4.31. The molecule has 2 aliphatic heterocycles. The van der Waals surface area contributed by atoms with Crippen LogP contribution in [0, 0.1) is 23.7 Å². The van der Waals surface area contributed by atoms with E-state index in [9.17, 15) is 28.8 Å². The normalized spacial score (nSPS) is 29.6. The zero-order chi connectivity index (χ0) is 46.5. The maximum Gasteiger partial charge on any atom is 0.253 e. The highest BCUT2D eigenvalue weighted by Gasteiger charge is 2.51. The number of benzene rings is 5. The second-order valence-corrected chi connectivity index (χ2v) is 19.9. The predicted molar refractivity (Wildman–Crippen MR) is 255 cm³/mol. The second kappa shape index (κ2) is 18.2. The molecule has 0 unspecified atom stereocenters. The molecule has 6 amide bonds. The van der Waals surface area contributed by atoms with Crippen molar-refractivity contribution in [2.24, 2.45) is 23.7 Å². The van der Waals surface area contributed by atoms with Crippen molar-refractivity contribution in [1.82, 2.24) is 31.1 Å². The number of amides is 6. The number of hydrogen-bond donors (Lipinski definition) is 4. The van der Waals surface area contributed by atoms with Crippen LogP contribution in [0.15, 0.2) is 146 Å². The van der Waals surface area contributed by atoms with Gasteiger partial charge in [0.2, 0.25) is 23.6 Å². The summed E-state index contributed by atoms with van der Waals surface area (Å²) >= 11 is 0. The minimum atomic E-state index is -0.761. The van der Waals surface area contributed by atoms with Gasteiger partial charge in [-0.3, -0.25) is 28.8 Å². The largest absolute Gasteiger partial charge is 0.352 e. The van der Waals surface area contributed by atoms with E-state index in [-0.39, 0.29) is 121 Å². The molecule has 6 fully saturated rings. The summed E-state index contributed by atoms with van der Waals surface area (Å²) in [5.74, 6) is -4.01. The molecule has 68 heavy (non-hydrogen) atoms. The van der Waals surface area contributed by atoms with E-state index in [0.29, 0.717) is 0 Å². The lowest BCUT2D eigenvalue weighted by atomic mass is 9.94. The molecule has 4 aliphatic carbocycles. The van der Waals surface area contributed by atoms with Gasteiger partial charge in [0.05, 0.1) is 23.7 Å². The van der Waals surface area contributed by atoms with E-state index in [1.807, 2.05) is 72.8 Å². The van der Waals surface area contributed by atoms with Crippen LogP contribution in [-0.4, -0.2) is 95.6 Å². The molecule has 0 radical (unpaired) electrons. The van der Waals surface area contributed by atoms with Gasteiger partial charge in [0.1, 0.15) is 0 Å². The highest BCUT2D eigenvalue weighted by atomic mass is 16.2. The van der Waals surface area contributed by atoms with Crippen molar-refractivity contribution in [2.75, 3.05) is 26.2 Å². The highest BCUT2D eigenvalue weighted by molar-refractivity contribution is 6.01. The van der Waals surface area contributed by atoms with Gasteiger partial charge in [0, 0.05) is 85.1 Å². The molecule has 4 saturated carbocycles. The average molecular weight is 909 g/mol. The summed E-state index contributed by atoms with van der Waals surface area (Å²) in [6.07, 6.45) is 3.23. The third-order valence-corrected chi connectivity index (χ3v) is 15.3. The van der Waals surface area contributed by atoms with Crippen molar-refractivity contribution >= 4 is 35.4 Å². The Labute approximate surface area is 396 Å². The van der Waals surface area contributed by atoms with Gasteiger partial charge in [0.25, 0.3) is 11.8 Å². The molecule has 2 saturated heterocycles. The fourth-order valence-electron chi connectivity index (χ4n) is 11.0. The van der Waals surface area contributed by atoms with Crippen molar-refractivity contribution in [3.63, 3.8) is 0 Å². The van der Waals surface area contributed by atoms with Gasteiger partial charge in [-0.05, 0) is 66.1 Å². The Hall–Kier alpha value is -7.08. The fourth-order valence-corrected chi connectivity index (χ4v) is 11.0. The van der Waals surface area contributed by atoms with E-state index < -0.39 is 23.7 Å². The molecular weight excluding hydrogens is 853 g/mol. The highest BCUT2D eigenvalue weighted by Crippen LogP contribution is 2.44. The van der Waals surface area contributed by atoms with Crippen LogP contribution in [0.1, 0.15) is 92.3 Å². The molecule has 11 rings (SSSR count). The minimum absolute atomic E-state index is 0.0475. The summed E-state index contributed by atoms with van der Waals surface area (Å²) in [7, 11) is 0. The smallest absolute Gasteiger partial charge is 0.253 e. The Kier molecular flexibility index (Phi) is 11.6. The first-order valence-electron chi connectivity index (χ1n) is 24.3. The molecule has 6 aliphatic rings. The van der Waals surface area contributed by atoms with Gasteiger partial charge in [0.15, 0.2) is 0 Å². The van der Waals surface area contributed by atoms with Gasteiger partial charge in [-0.2, -0.15) is 0 Å². The third kappa shape index (κ3) is 9.16. The van der Waals surface area contributed by atoms with Crippen molar-refractivity contribution in [3.8, 4) is 0 Å². The molecule has 0 aromatic heterocycles. The monoisotopic (exact) mass is 908 g/mol. The molecule has 0 spiro atoms. The molecule has 12 atom stereocenters. The van der Waals surface area contributed by atoms with Crippen LogP contribution in [0.2, 0.25) is 0 Å². The zero-order valence-corrected chi connectivity index (χ0v) is 37.8. The Bertz CT molecular complexity index is 2390. The van der Waals surface area contributed by atoms with Gasteiger partial charge >= 0.3 is 0 Å². The number of likely N-dealkylation sites (tertiary alicyclic amines) is 2. The molecule has 12 nitrogen and oxygen atoms in total. The lowest BCUT2D eigenvalue weighted by Crippen LogP contribution is -2.43. The summed E-state index contributed by atoms with van der Waals surface area (Å²) in [6, 6.07) is 46.5. The van der Waals surface area contributed by atoms with Crippen LogP contribution in [0.4, 0.5) is 0 Å². The van der Waals surface area contributed by atoms with Crippen LogP contribution in [0.25, 0.3) is 0 Å². The Balaban J connectivity index is 0.778. The standard InChI is InChI=1S/C56H56N6O6/c63-51(57-47-25-39(47)33-14-5-1-6-15-33)43-29-61(30-44(43)52(64)58-48-26-40(48)34-16-7-2-8-17-34)55(67)37-22-13-23-38(24-37)56(68)62-31-45(53(65)59-49-27-41(49)35-18-9-3-10-19-35)46(32-62)54(66)60-50-28-42(50)36-20-11-4-12-21-36/h1-24,39-50H,25-32H2,(H,57,63)(H,58,64)(H,59,65)(H,60,66)/t39-,40-,41-,42-,43-,44-,45-,46-,47+,48+,49+,50+/m1/s1. The molecule has 346 valence electrons. The van der Waals surface area contributed by atoms with Crippen molar-refractivity contribution < 1.29 is 28.8 Å². The number of carbonyl (C=O) groups is 6. The summed E-state index contributed by atoms with van der Waals surface area (Å²) in [5.41, 5.74) is 5.12. The zero-order valence-electron chi connectivity index (χ0n) is 37.8. The van der Waals surface area contributed by atoms with E-state index in [1.165, 1.54) is 0 Å². The fraction of sp³-hybridized carbons (Fsp3) is 0.357. The quantitative estimate of drug-likeness (QED) is 0.111. The van der Waals surface area contributed by atoms with Gasteiger partial charge < -0.3 is 31.1 Å². The maximum absolute atomic E-state index is 14.4. The molecular formula is C56H56N6O6. The Morgan fingerprint density at radius 3 is 0.838 bits per heavy atom. The van der Waals surface area contributed by atoms with Crippen LogP contribution in [0.3, 0.4) is 0 Å². The van der Waals surface area contributed by atoms with Gasteiger partial charge in [-0.25, -0.2) is 0 Å². The van der Waals surface area contributed by atoms with Crippen molar-refractivity contribution in [2.45, 2.75) is 73.5 Å². The summed E-state index contributed by atoms with van der Waals surface area (Å²) in [5, 5.41) is 12.8. The number of carbonyl (C=O) groups excluding carboxylic acids is 6. The van der Waals surface area contributed by atoms with Crippen LogP contribution in [0.5, 0.6) is 0 Å². The molecule has 12 heteroatoms. The molecule has 0 bridgehead atoms. The van der Waals surface area contributed by atoms with Crippen molar-refractivity contribution in [3.05, 3.63) is 179 Å². The number of hydrogen-bond acceptors (Lipinski definition) is 6. The first kappa shape index (κ1) is 43.5. The van der Waals surface area contributed by atoms with E-state index in [0.717, 1.165) is 47.9 Å². The molecule has 5 aromatic rings. The van der Waals surface area contributed by atoms with Crippen LogP contribution in [-0.2, 0) is 19.2 Å². The van der Waals surface area contributed by atoms with E-state index >= 15 is 0 Å². The van der Waals surface area contributed by atoms with E-state index in [1.54, 1.807) is 34.1 Å². The van der Waals surface area contributed by atoms with Gasteiger partial charge in [-0.1, -0.05) is 127 Å². The molecule has 2 heterocycles. The first-order chi connectivity index (χ1) is 33.2. The number of rotatable bonds is 14. The number of nitrogens with zero attached hydrogens (tertiary/aromatic N) is 2. The van der Waals surface area contributed by atoms with Gasteiger partial charge in [-0.15, -0.1) is 0 Å². The maximum atomic E-state index is 14.4. The second-order valence-electron chi connectivity index (χ2n) is 19.9. The lowest BCUT2D eigenvalue weighted by molar-refractivity contribution is -0.133. The van der Waals surface area contributed by atoms with E-state index in [4.69, 9.17) is 0 Å². The summed E-state index contributed by atoms with van der Waals surface area (Å²) in [6.45, 7) is 0.200. The topological polar surface area (TPSA) is 157 Å². The van der Waals surface area contributed by atoms with Crippen molar-refractivity contribution in [1.29, 1.82) is 0 Å². The molecule has 5 aromatic carbocycles. The van der Waals surface area contributed by atoms with Crippen LogP contribution < -0.4 is 21.3 Å². The predicted octanol–water partition coefficient (Wildman–Crippen LogP) is 5.75. The number of nitrogens with one attached hydrogen (secondary N) is 4. The summed E-state index contributed by atoms with van der Waals surface area (Å²) < 4.78 is 0. The molecule has 4 N–H and O–H groups in total. The Morgan fingerprint density at radius 1 is 0.338 bits per heavy atom. The van der Waals surface area contributed by atoms with E-state index in [2.05, 4.69) is 69.8 Å². The SMILES string of the molecule is O=C(N[C@H]1C[C@@H]1c1ccccc1)[C@@H]1CN(C(=O)c2cccc(C(=O)N3C[C@@H](C(=O)N[C@H]4C[C@@H]4c4ccccc4)[C@H](C(=O)N[C@H]4C[C@@H]4c4ccccc4)C3)c2)C[C@H]1C(=O)N[C@H]1C[C@@H]1c1ccccc1. The Morgan fingerprint density at radius 2 is 0.588 bits per heavy atom. The third-order valence-electron chi connectivity index (χ3n) is 15.3. The first-order valence-corrected chi connectivity index (χ1v) is 24.3. The lowest BCUT2D eigenvalue weighted by Gasteiger charge is -2.19. The van der Waals surface area contributed by atoms with Crippen LogP contribution >= 0.6 is 0 Å².